The third-order valence-corrected chi connectivity index (χ3v) is 2.70. The van der Waals surface area contributed by atoms with Gasteiger partial charge in [0.15, 0.2) is 5.88 Å². The number of nitrogens with zero attached hydrogens (tertiary/aromatic N) is 1. The lowest BCUT2D eigenvalue weighted by atomic mass is 10.2. The fourth-order valence-corrected chi connectivity index (χ4v) is 1.80. The largest absolute Gasteiger partial charge is 0.435 e. The van der Waals surface area contributed by atoms with Crippen molar-refractivity contribution in [3.8, 4) is 0 Å². The first-order valence-electron chi connectivity index (χ1n) is 4.51. The van der Waals surface area contributed by atoms with E-state index < -0.39 is 4.52 Å². The van der Waals surface area contributed by atoms with Gasteiger partial charge in [0.25, 0.3) is 0 Å². The van der Waals surface area contributed by atoms with Gasteiger partial charge in [-0.25, -0.2) is 0 Å². The number of alkyl halides is 2. The van der Waals surface area contributed by atoms with Crippen LogP contribution in [0.5, 0.6) is 0 Å². The van der Waals surface area contributed by atoms with Crippen LogP contribution in [0, 0.1) is 0 Å². The molecule has 3 nitrogen and oxygen atoms in total. The Bertz CT molecular complexity index is 283. The average molecular weight is 238 g/mol. The van der Waals surface area contributed by atoms with Gasteiger partial charge in [-0.2, -0.15) is 0 Å². The summed E-state index contributed by atoms with van der Waals surface area (Å²) in [6.45, 7) is 7.11. The van der Waals surface area contributed by atoms with Crippen molar-refractivity contribution in [3.05, 3.63) is 11.5 Å². The Hall–Kier alpha value is -0.410. The lowest BCUT2D eigenvalue weighted by Gasteiger charge is -2.23. The lowest BCUT2D eigenvalue weighted by Crippen LogP contribution is -2.26. The van der Waals surface area contributed by atoms with Crippen LogP contribution in [0.3, 0.4) is 0 Å². The average Bonchev–Trinajstić information content (AvgIpc) is 2.33. The smallest absolute Gasteiger partial charge is 0.324 e. The monoisotopic (exact) mass is 237 g/mol. The molecule has 0 unspecified atom stereocenters. The molecule has 1 rings (SSSR count). The molecule has 14 heavy (non-hydrogen) atoms. The molecule has 5 heteroatoms. The highest BCUT2D eigenvalue weighted by Crippen LogP contribution is 2.38. The van der Waals surface area contributed by atoms with Crippen molar-refractivity contribution in [1.82, 2.24) is 4.90 Å². The quantitative estimate of drug-likeness (QED) is 0.706. The van der Waals surface area contributed by atoms with Crippen LogP contribution in [0.4, 0.5) is 0 Å². The van der Waals surface area contributed by atoms with Gasteiger partial charge in [-0.15, -0.1) is 0 Å². The topological polar surface area (TPSA) is 29.5 Å². The molecule has 0 saturated carbocycles. The van der Waals surface area contributed by atoms with Crippen LogP contribution >= 0.6 is 23.2 Å². The van der Waals surface area contributed by atoms with E-state index in [1.165, 1.54) is 0 Å². The molecule has 1 aliphatic rings. The molecule has 0 aromatic rings. The Labute approximate surface area is 93.6 Å². The van der Waals surface area contributed by atoms with Crippen LogP contribution < -0.4 is 0 Å². The highest BCUT2D eigenvalue weighted by atomic mass is 35.5. The van der Waals surface area contributed by atoms with E-state index in [1.54, 1.807) is 6.92 Å². The predicted molar refractivity (Wildman–Crippen MR) is 56.2 cm³/mol. The number of hydrogen-bond acceptors (Lipinski definition) is 3. The summed E-state index contributed by atoms with van der Waals surface area (Å²) in [6.07, 6.45) is 0. The maximum absolute atomic E-state index is 11.5. The molecule has 0 bridgehead atoms. The molecule has 0 N–H and O–H groups in total. The van der Waals surface area contributed by atoms with Crippen LogP contribution in [0.15, 0.2) is 11.5 Å². The number of carbonyl (C=O) groups is 1. The Balaban J connectivity index is 2.96. The summed E-state index contributed by atoms with van der Waals surface area (Å²) in [4.78, 5) is 13.4. The second-order valence-corrected chi connectivity index (χ2v) is 4.31. The number of carbonyl (C=O) groups excluding carboxylic acids is 1. The van der Waals surface area contributed by atoms with Crippen molar-refractivity contribution < 1.29 is 9.53 Å². The van der Waals surface area contributed by atoms with Crippen molar-refractivity contribution in [1.29, 1.82) is 0 Å². The van der Waals surface area contributed by atoms with Gasteiger partial charge < -0.3 is 9.64 Å². The summed E-state index contributed by atoms with van der Waals surface area (Å²) in [6, 6.07) is 0. The van der Waals surface area contributed by atoms with Gasteiger partial charge in [0, 0.05) is 13.1 Å². The maximum atomic E-state index is 11.5. The van der Waals surface area contributed by atoms with E-state index in [1.807, 2.05) is 18.7 Å². The summed E-state index contributed by atoms with van der Waals surface area (Å²) in [5.74, 6) is 0.118. The Morgan fingerprint density at radius 3 is 2.14 bits per heavy atom. The molecular formula is C9H13Cl2NO2. The number of Topliss-reactive ketones (excluding diaryl/α,β-unsaturated/α-hetero) is 1. The molecule has 0 aromatic carbocycles. The zero-order valence-electron chi connectivity index (χ0n) is 8.43. The van der Waals surface area contributed by atoms with Crippen LogP contribution in [-0.2, 0) is 9.53 Å². The van der Waals surface area contributed by atoms with E-state index in [4.69, 9.17) is 27.9 Å². The number of hydrogen-bond donors (Lipinski definition) is 0. The Kier molecular flexibility index (Phi) is 3.32. The summed E-state index contributed by atoms with van der Waals surface area (Å²) >= 11 is 11.4. The second kappa shape index (κ2) is 3.99. The van der Waals surface area contributed by atoms with E-state index in [-0.39, 0.29) is 5.78 Å². The van der Waals surface area contributed by atoms with Crippen molar-refractivity contribution in [2.24, 2.45) is 0 Å². The maximum Gasteiger partial charge on any atom is 0.324 e. The molecule has 1 aliphatic heterocycles. The minimum atomic E-state index is -1.73. The van der Waals surface area contributed by atoms with Crippen molar-refractivity contribution >= 4 is 29.0 Å². The molecule has 80 valence electrons. The van der Waals surface area contributed by atoms with Crippen molar-refractivity contribution in [2.75, 3.05) is 13.1 Å². The number of ketones is 1. The molecule has 0 saturated heterocycles. The van der Waals surface area contributed by atoms with E-state index in [9.17, 15) is 4.79 Å². The molecular weight excluding hydrogens is 225 g/mol. The van der Waals surface area contributed by atoms with E-state index >= 15 is 0 Å². The lowest BCUT2D eigenvalue weighted by molar-refractivity contribution is -0.120. The third-order valence-electron chi connectivity index (χ3n) is 2.20. The Morgan fingerprint density at radius 2 is 1.86 bits per heavy atom. The number of rotatable bonds is 3. The predicted octanol–water partition coefficient (Wildman–Crippen LogP) is 2.29. The van der Waals surface area contributed by atoms with Gasteiger partial charge in [0.2, 0.25) is 5.78 Å². The fraction of sp³-hybridized carbons (Fsp3) is 0.667. The summed E-state index contributed by atoms with van der Waals surface area (Å²) in [7, 11) is 0. The Morgan fingerprint density at radius 1 is 1.36 bits per heavy atom. The highest BCUT2D eigenvalue weighted by Gasteiger charge is 2.46. The van der Waals surface area contributed by atoms with Gasteiger partial charge >= 0.3 is 4.52 Å². The summed E-state index contributed by atoms with van der Waals surface area (Å²) < 4.78 is 3.47. The second-order valence-electron chi connectivity index (χ2n) is 3.05. The van der Waals surface area contributed by atoms with Gasteiger partial charge in [-0.3, -0.25) is 4.79 Å². The first-order chi connectivity index (χ1) is 6.44. The van der Waals surface area contributed by atoms with E-state index in [2.05, 4.69) is 0 Å². The van der Waals surface area contributed by atoms with Crippen molar-refractivity contribution in [2.45, 2.75) is 25.3 Å². The normalized spacial score (nSPS) is 19.9. The van der Waals surface area contributed by atoms with Crippen LogP contribution in [0.1, 0.15) is 20.8 Å². The first kappa shape index (κ1) is 11.7. The van der Waals surface area contributed by atoms with Gasteiger partial charge in [-0.1, -0.05) is 0 Å². The van der Waals surface area contributed by atoms with Crippen LogP contribution in [0.25, 0.3) is 0 Å². The van der Waals surface area contributed by atoms with Crippen LogP contribution in [-0.4, -0.2) is 28.3 Å². The summed E-state index contributed by atoms with van der Waals surface area (Å²) in [5.41, 5.74) is 0.485. The van der Waals surface area contributed by atoms with E-state index in [0.717, 1.165) is 13.1 Å². The molecule has 0 amide bonds. The molecule has 0 aromatic heterocycles. The molecule has 0 atom stereocenters. The minimum Gasteiger partial charge on any atom is -0.435 e. The van der Waals surface area contributed by atoms with Gasteiger partial charge in [0.05, 0.1) is 5.57 Å². The molecule has 0 spiro atoms. The van der Waals surface area contributed by atoms with Gasteiger partial charge in [-0.05, 0) is 44.0 Å². The zero-order valence-corrected chi connectivity index (χ0v) is 9.95. The number of halogens is 2. The molecule has 0 radical (unpaired) electrons. The van der Waals surface area contributed by atoms with Gasteiger partial charge in [0.1, 0.15) is 0 Å². The minimum absolute atomic E-state index is 0.372. The number of ether oxygens (including phenoxy) is 1. The highest BCUT2D eigenvalue weighted by molar-refractivity contribution is 6.59. The standard InChI is InChI=1S/C9H13Cl2NO2/c1-4-12(5-2)8-6(3)7(13)9(10,11)14-8/h4-5H2,1-3H3. The van der Waals surface area contributed by atoms with Crippen molar-refractivity contribution in [3.63, 3.8) is 0 Å². The summed E-state index contributed by atoms with van der Waals surface area (Å²) in [5, 5.41) is 0. The SMILES string of the molecule is CCN(CC)C1=C(C)C(=O)C(Cl)(Cl)O1. The van der Waals surface area contributed by atoms with E-state index in [0.29, 0.717) is 11.5 Å². The van der Waals surface area contributed by atoms with Crippen LogP contribution in [0.2, 0.25) is 0 Å². The fourth-order valence-electron chi connectivity index (χ4n) is 1.37. The third kappa shape index (κ3) is 1.84. The molecule has 0 aliphatic carbocycles. The molecule has 0 fully saturated rings. The molecule has 1 heterocycles. The zero-order chi connectivity index (χ0) is 10.9. The first-order valence-corrected chi connectivity index (χ1v) is 5.27.